The van der Waals surface area contributed by atoms with Crippen LogP contribution < -0.4 is 10.6 Å². The third-order valence-corrected chi connectivity index (χ3v) is 3.69. The molecule has 0 radical (unpaired) electrons. The topological polar surface area (TPSA) is 105 Å². The van der Waals surface area contributed by atoms with Crippen LogP contribution in [0.3, 0.4) is 0 Å². The highest BCUT2D eigenvalue weighted by atomic mass is 16.5. The first-order valence-electron chi connectivity index (χ1n) is 7.84. The molecule has 0 saturated heterocycles. The molecule has 0 aromatic rings. The molecule has 0 unspecified atom stereocenters. The van der Waals surface area contributed by atoms with E-state index in [4.69, 9.17) is 9.84 Å². The van der Waals surface area contributed by atoms with Crippen LogP contribution in [0, 0.1) is 5.92 Å². The number of aliphatic hydroxyl groups excluding tert-OH is 1. The first kappa shape index (κ1) is 18.6. The van der Waals surface area contributed by atoms with E-state index in [1.54, 1.807) is 0 Å². The average molecular weight is 314 g/mol. The fraction of sp³-hybridized carbons (Fsp3) is 0.800. The molecule has 22 heavy (non-hydrogen) atoms. The van der Waals surface area contributed by atoms with Gasteiger partial charge in [0, 0.05) is 37.8 Å². The third-order valence-electron chi connectivity index (χ3n) is 3.69. The zero-order chi connectivity index (χ0) is 16.4. The summed E-state index contributed by atoms with van der Waals surface area (Å²) in [5.41, 5.74) is 0. The van der Waals surface area contributed by atoms with Gasteiger partial charge in [0.15, 0.2) is 0 Å². The van der Waals surface area contributed by atoms with Gasteiger partial charge in [-0.05, 0) is 12.8 Å². The van der Waals surface area contributed by atoms with E-state index in [2.05, 4.69) is 10.6 Å². The maximum Gasteiger partial charge on any atom is 0.222 e. The molecule has 0 aromatic carbocycles. The summed E-state index contributed by atoms with van der Waals surface area (Å²) in [7, 11) is 0. The van der Waals surface area contributed by atoms with Crippen LogP contribution in [0.15, 0.2) is 0 Å². The van der Waals surface area contributed by atoms with Gasteiger partial charge in [0.05, 0.1) is 19.8 Å². The second-order valence-electron chi connectivity index (χ2n) is 5.44. The number of rotatable bonds is 11. The van der Waals surface area contributed by atoms with Gasteiger partial charge in [-0.15, -0.1) is 0 Å². The zero-order valence-corrected chi connectivity index (χ0v) is 13.1. The number of hydrogen-bond acceptors (Lipinski definition) is 5. The normalized spacial score (nSPS) is 20.1. The van der Waals surface area contributed by atoms with Crippen molar-refractivity contribution in [3.8, 4) is 0 Å². The Morgan fingerprint density at radius 2 is 1.86 bits per heavy atom. The minimum absolute atomic E-state index is 0.0725. The molecular formula is C15H26N2O5. The largest absolute Gasteiger partial charge is 0.396 e. The van der Waals surface area contributed by atoms with Crippen molar-refractivity contribution in [3.63, 3.8) is 0 Å². The Balaban J connectivity index is 1.94. The molecule has 0 bridgehead atoms. The molecular weight excluding hydrogens is 288 g/mol. The zero-order valence-electron chi connectivity index (χ0n) is 13.1. The molecule has 1 saturated carbocycles. The Bertz CT molecular complexity index is 380. The average Bonchev–Trinajstić information content (AvgIpc) is 2.45. The summed E-state index contributed by atoms with van der Waals surface area (Å²) in [5, 5.41) is 14.0. The second-order valence-corrected chi connectivity index (χ2v) is 5.44. The maximum absolute atomic E-state index is 11.6. The summed E-state index contributed by atoms with van der Waals surface area (Å²) in [6, 6.07) is 0.116. The minimum Gasteiger partial charge on any atom is -0.396 e. The van der Waals surface area contributed by atoms with E-state index < -0.39 is 0 Å². The van der Waals surface area contributed by atoms with Crippen molar-refractivity contribution in [2.75, 3.05) is 26.4 Å². The molecule has 1 fully saturated rings. The lowest BCUT2D eigenvalue weighted by atomic mass is 9.77. The summed E-state index contributed by atoms with van der Waals surface area (Å²) in [6.45, 7) is 2.69. The Hall–Kier alpha value is -1.47. The monoisotopic (exact) mass is 314 g/mol. The Kier molecular flexibility index (Phi) is 8.69. The lowest BCUT2D eigenvalue weighted by Crippen LogP contribution is -2.46. The smallest absolute Gasteiger partial charge is 0.222 e. The van der Waals surface area contributed by atoms with Crippen molar-refractivity contribution in [2.45, 2.75) is 45.1 Å². The van der Waals surface area contributed by atoms with Crippen LogP contribution in [0.1, 0.15) is 39.0 Å². The molecule has 0 aliphatic heterocycles. The molecule has 7 nitrogen and oxygen atoms in total. The van der Waals surface area contributed by atoms with Crippen molar-refractivity contribution in [3.05, 3.63) is 0 Å². The highest BCUT2D eigenvalue weighted by molar-refractivity contribution is 5.82. The van der Waals surface area contributed by atoms with E-state index in [0.717, 1.165) is 12.8 Å². The van der Waals surface area contributed by atoms with Crippen molar-refractivity contribution >= 4 is 17.6 Å². The van der Waals surface area contributed by atoms with Crippen molar-refractivity contribution in [1.29, 1.82) is 0 Å². The second kappa shape index (κ2) is 10.3. The van der Waals surface area contributed by atoms with E-state index in [0.29, 0.717) is 26.2 Å². The van der Waals surface area contributed by atoms with Crippen LogP contribution >= 0.6 is 0 Å². The van der Waals surface area contributed by atoms with Crippen LogP contribution in [0.25, 0.3) is 0 Å². The fourth-order valence-corrected chi connectivity index (χ4v) is 2.31. The fourth-order valence-electron chi connectivity index (χ4n) is 2.31. The van der Waals surface area contributed by atoms with E-state index in [-0.39, 0.29) is 49.0 Å². The molecule has 0 heterocycles. The van der Waals surface area contributed by atoms with Crippen molar-refractivity contribution in [2.24, 2.45) is 5.92 Å². The molecule has 0 aromatic heterocycles. The lowest BCUT2D eigenvalue weighted by molar-refractivity contribution is -0.129. The van der Waals surface area contributed by atoms with Gasteiger partial charge in [-0.2, -0.15) is 0 Å². The Morgan fingerprint density at radius 3 is 2.50 bits per heavy atom. The summed E-state index contributed by atoms with van der Waals surface area (Å²) >= 11 is 0. The number of amides is 2. The molecule has 2 amide bonds. The molecule has 1 aliphatic carbocycles. The molecule has 3 N–H and O–H groups in total. The number of carbonyl (C=O) groups is 3. The minimum atomic E-state index is -0.218. The number of ketones is 1. The number of aliphatic hydroxyl groups is 1. The van der Waals surface area contributed by atoms with Gasteiger partial charge < -0.3 is 20.5 Å². The Labute approximate surface area is 130 Å². The molecule has 1 aliphatic rings. The maximum atomic E-state index is 11.6. The number of ether oxygens (including phenoxy) is 1. The van der Waals surface area contributed by atoms with E-state index in [9.17, 15) is 14.4 Å². The van der Waals surface area contributed by atoms with Gasteiger partial charge >= 0.3 is 0 Å². The van der Waals surface area contributed by atoms with Gasteiger partial charge in [-0.3, -0.25) is 14.4 Å². The van der Waals surface area contributed by atoms with Crippen LogP contribution in [0.4, 0.5) is 0 Å². The predicted octanol–water partition coefficient (Wildman–Crippen LogP) is -0.234. The van der Waals surface area contributed by atoms with Gasteiger partial charge in [0.25, 0.3) is 0 Å². The molecule has 0 spiro atoms. The number of hydrogen-bond donors (Lipinski definition) is 3. The summed E-state index contributed by atoms with van der Waals surface area (Å²) in [4.78, 5) is 34.1. The first-order chi connectivity index (χ1) is 10.6. The van der Waals surface area contributed by atoms with Crippen LogP contribution in [0.5, 0.6) is 0 Å². The molecule has 0 atom stereocenters. The Morgan fingerprint density at radius 1 is 1.14 bits per heavy atom. The SMILES string of the molecule is CCC(=O)C1CC(NC(=O)CCOCCNC(=O)CCO)C1. The molecule has 1 rings (SSSR count). The highest BCUT2D eigenvalue weighted by Crippen LogP contribution is 2.29. The van der Waals surface area contributed by atoms with E-state index >= 15 is 0 Å². The van der Waals surface area contributed by atoms with Crippen molar-refractivity contribution < 1.29 is 24.2 Å². The number of carbonyl (C=O) groups excluding carboxylic acids is 3. The third kappa shape index (κ3) is 7.00. The number of Topliss-reactive ketones (excluding diaryl/α,β-unsaturated/α-hetero) is 1. The van der Waals surface area contributed by atoms with Gasteiger partial charge in [0.2, 0.25) is 11.8 Å². The van der Waals surface area contributed by atoms with Gasteiger partial charge in [0.1, 0.15) is 5.78 Å². The van der Waals surface area contributed by atoms with Crippen molar-refractivity contribution in [1.82, 2.24) is 10.6 Å². The number of nitrogens with one attached hydrogen (secondary N) is 2. The predicted molar refractivity (Wildman–Crippen MR) is 80.1 cm³/mol. The lowest BCUT2D eigenvalue weighted by Gasteiger charge is -2.34. The molecule has 7 heteroatoms. The van der Waals surface area contributed by atoms with Gasteiger partial charge in [-0.25, -0.2) is 0 Å². The van der Waals surface area contributed by atoms with E-state index in [1.807, 2.05) is 6.92 Å². The summed E-state index contributed by atoms with van der Waals surface area (Å²) < 4.78 is 5.25. The van der Waals surface area contributed by atoms with Crippen LogP contribution in [-0.2, 0) is 19.1 Å². The standard InChI is InChI=1S/C15H26N2O5/c1-2-13(19)11-9-12(10-11)17-15(21)4-7-22-8-5-16-14(20)3-6-18/h11-12,18H,2-10H2,1H3,(H,16,20)(H,17,21). The molecule has 126 valence electrons. The first-order valence-corrected chi connectivity index (χ1v) is 7.84. The highest BCUT2D eigenvalue weighted by Gasteiger charge is 2.33. The van der Waals surface area contributed by atoms with E-state index in [1.165, 1.54) is 0 Å². The summed E-state index contributed by atoms with van der Waals surface area (Å²) in [5.74, 6) is 0.105. The summed E-state index contributed by atoms with van der Waals surface area (Å²) in [6.07, 6.45) is 2.42. The van der Waals surface area contributed by atoms with Crippen LogP contribution in [0.2, 0.25) is 0 Å². The quantitative estimate of drug-likeness (QED) is 0.457. The van der Waals surface area contributed by atoms with Gasteiger partial charge in [-0.1, -0.05) is 6.92 Å². The van der Waals surface area contributed by atoms with Crippen LogP contribution in [-0.4, -0.2) is 55.1 Å².